The van der Waals surface area contributed by atoms with Gasteiger partial charge in [-0.3, -0.25) is 0 Å². The molecular weight excluding hydrogens is 235 g/mol. The summed E-state index contributed by atoms with van der Waals surface area (Å²) in [7, 11) is -6.00. The third-order valence-electron chi connectivity index (χ3n) is 2.08. The molecule has 0 spiro atoms. The molecule has 17 heavy (non-hydrogen) atoms. The fourth-order valence-corrected chi connectivity index (χ4v) is 1.19. The standard InChI is InChI=1S/C10H19N2.BF4/c1-4-5-6-11-7-8-12(9-11)10(2)3;2-1(3,4)5/h7-10H,4-6H2,1-3H3;/q+1;-1. The molecule has 2 nitrogen and oxygen atoms in total. The number of halogens is 4. The van der Waals surface area contributed by atoms with E-state index in [-0.39, 0.29) is 0 Å². The van der Waals surface area contributed by atoms with E-state index in [1.54, 1.807) is 0 Å². The molecule has 1 aromatic heterocycles. The molecule has 0 saturated heterocycles. The molecule has 0 N–H and O–H groups in total. The lowest BCUT2D eigenvalue weighted by atomic mass is 10.3. The number of aryl methyl sites for hydroxylation is 1. The summed E-state index contributed by atoms with van der Waals surface area (Å²) in [5, 5.41) is 0. The lowest BCUT2D eigenvalue weighted by Gasteiger charge is -1.97. The molecule has 0 aromatic carbocycles. The van der Waals surface area contributed by atoms with Crippen LogP contribution in [0.4, 0.5) is 17.3 Å². The fraction of sp³-hybridized carbons (Fsp3) is 0.700. The summed E-state index contributed by atoms with van der Waals surface area (Å²) in [6.45, 7) is 7.77. The highest BCUT2D eigenvalue weighted by molar-refractivity contribution is 6.50. The normalized spacial score (nSPS) is 11.3. The Bertz CT molecular complexity index is 303. The summed E-state index contributed by atoms with van der Waals surface area (Å²) in [4.78, 5) is 0. The zero-order valence-corrected chi connectivity index (χ0v) is 10.4. The number of hydrogen-bond donors (Lipinski definition) is 0. The van der Waals surface area contributed by atoms with Crippen LogP contribution in [0.3, 0.4) is 0 Å². The summed E-state index contributed by atoms with van der Waals surface area (Å²) in [6, 6.07) is 0.577. The molecule has 1 rings (SSSR count). The molecule has 1 heterocycles. The number of nitrogens with zero attached hydrogens (tertiary/aromatic N) is 2. The van der Waals surface area contributed by atoms with E-state index in [9.17, 15) is 17.3 Å². The third-order valence-corrected chi connectivity index (χ3v) is 2.08. The first-order valence-corrected chi connectivity index (χ1v) is 5.68. The Kier molecular flexibility index (Phi) is 6.91. The van der Waals surface area contributed by atoms with Gasteiger partial charge in [0.15, 0.2) is 0 Å². The van der Waals surface area contributed by atoms with Gasteiger partial charge >= 0.3 is 7.25 Å². The van der Waals surface area contributed by atoms with Crippen LogP contribution in [0.15, 0.2) is 18.7 Å². The Morgan fingerprint density at radius 2 is 1.76 bits per heavy atom. The van der Waals surface area contributed by atoms with Gasteiger partial charge in [-0.25, -0.2) is 9.13 Å². The first-order valence-electron chi connectivity index (χ1n) is 5.68. The third kappa shape index (κ3) is 9.90. The average Bonchev–Trinajstić information content (AvgIpc) is 2.60. The molecule has 0 radical (unpaired) electrons. The molecule has 0 aliphatic carbocycles. The molecule has 100 valence electrons. The zero-order valence-electron chi connectivity index (χ0n) is 10.4. The fourth-order valence-electron chi connectivity index (χ4n) is 1.19. The van der Waals surface area contributed by atoms with Gasteiger partial charge in [0, 0.05) is 0 Å². The van der Waals surface area contributed by atoms with Crippen LogP contribution in [-0.2, 0) is 6.54 Å². The average molecular weight is 254 g/mol. The van der Waals surface area contributed by atoms with E-state index < -0.39 is 7.25 Å². The minimum Gasteiger partial charge on any atom is -0.418 e. The van der Waals surface area contributed by atoms with Crippen LogP contribution in [0.25, 0.3) is 0 Å². The predicted octanol–water partition coefficient (Wildman–Crippen LogP) is 3.46. The van der Waals surface area contributed by atoms with E-state index in [0.29, 0.717) is 6.04 Å². The summed E-state index contributed by atoms with van der Waals surface area (Å²) in [5.74, 6) is 0. The van der Waals surface area contributed by atoms with Crippen LogP contribution in [0, 0.1) is 0 Å². The van der Waals surface area contributed by atoms with Crippen LogP contribution >= 0.6 is 0 Å². The first-order chi connectivity index (χ1) is 7.74. The Balaban J connectivity index is 0.000000437. The van der Waals surface area contributed by atoms with Crippen molar-refractivity contribution in [1.29, 1.82) is 0 Å². The number of imidazole rings is 1. The van der Waals surface area contributed by atoms with Crippen molar-refractivity contribution >= 4 is 7.25 Å². The molecule has 1 aromatic rings. The lowest BCUT2D eigenvalue weighted by Crippen LogP contribution is -2.30. The monoisotopic (exact) mass is 254 g/mol. The van der Waals surface area contributed by atoms with Crippen molar-refractivity contribution in [3.8, 4) is 0 Å². The van der Waals surface area contributed by atoms with Gasteiger partial charge in [0.2, 0.25) is 6.33 Å². The van der Waals surface area contributed by atoms with Crippen molar-refractivity contribution < 1.29 is 21.8 Å². The van der Waals surface area contributed by atoms with Gasteiger partial charge in [0.1, 0.15) is 12.4 Å². The molecule has 0 aliphatic heterocycles. The van der Waals surface area contributed by atoms with Crippen molar-refractivity contribution in [2.75, 3.05) is 0 Å². The van der Waals surface area contributed by atoms with Crippen LogP contribution in [0.2, 0.25) is 0 Å². The van der Waals surface area contributed by atoms with Gasteiger partial charge < -0.3 is 17.3 Å². The molecule has 7 heteroatoms. The topological polar surface area (TPSA) is 8.81 Å². The van der Waals surface area contributed by atoms with Gasteiger partial charge in [-0.2, -0.15) is 0 Å². The quantitative estimate of drug-likeness (QED) is 0.442. The lowest BCUT2D eigenvalue weighted by molar-refractivity contribution is -0.696. The Hall–Kier alpha value is -1.01. The number of rotatable bonds is 4. The summed E-state index contributed by atoms with van der Waals surface area (Å²) < 4.78 is 43.5. The number of hydrogen-bond acceptors (Lipinski definition) is 0. The van der Waals surface area contributed by atoms with Gasteiger partial charge in [-0.1, -0.05) is 13.3 Å². The highest BCUT2D eigenvalue weighted by Crippen LogP contribution is 2.06. The van der Waals surface area contributed by atoms with Gasteiger partial charge in [0.05, 0.1) is 12.6 Å². The largest absolute Gasteiger partial charge is 0.673 e. The van der Waals surface area contributed by atoms with Gasteiger partial charge in [0.25, 0.3) is 0 Å². The Morgan fingerprint density at radius 1 is 1.24 bits per heavy atom. The molecule has 0 unspecified atom stereocenters. The molecular formula is C10H19BF4N2. The maximum absolute atomic E-state index is 9.75. The van der Waals surface area contributed by atoms with Crippen molar-refractivity contribution in [3.05, 3.63) is 18.7 Å². The Morgan fingerprint density at radius 3 is 2.12 bits per heavy atom. The van der Waals surface area contributed by atoms with Crippen molar-refractivity contribution in [1.82, 2.24) is 4.57 Å². The van der Waals surface area contributed by atoms with E-state index >= 15 is 0 Å². The minimum absolute atomic E-state index is 0.577. The van der Waals surface area contributed by atoms with Crippen molar-refractivity contribution in [3.63, 3.8) is 0 Å². The molecule has 0 fully saturated rings. The van der Waals surface area contributed by atoms with Crippen LogP contribution in [0.5, 0.6) is 0 Å². The summed E-state index contributed by atoms with van der Waals surface area (Å²) >= 11 is 0. The molecule has 0 bridgehead atoms. The van der Waals surface area contributed by atoms with E-state index in [0.717, 1.165) is 6.54 Å². The summed E-state index contributed by atoms with van der Waals surface area (Å²) in [6.07, 6.45) is 9.00. The van der Waals surface area contributed by atoms with E-state index in [2.05, 4.69) is 48.6 Å². The van der Waals surface area contributed by atoms with Gasteiger partial charge in [-0.05, 0) is 20.3 Å². The second-order valence-electron chi connectivity index (χ2n) is 4.04. The second kappa shape index (κ2) is 7.35. The smallest absolute Gasteiger partial charge is 0.418 e. The number of unbranched alkanes of at least 4 members (excludes halogenated alkanes) is 1. The zero-order chi connectivity index (χ0) is 13.5. The highest BCUT2D eigenvalue weighted by atomic mass is 19.5. The van der Waals surface area contributed by atoms with Crippen molar-refractivity contribution in [2.45, 2.75) is 46.2 Å². The maximum Gasteiger partial charge on any atom is 0.673 e. The van der Waals surface area contributed by atoms with E-state index in [1.807, 2.05) is 0 Å². The Labute approximate surface area is 99.4 Å². The minimum atomic E-state index is -6.00. The first kappa shape index (κ1) is 16.0. The van der Waals surface area contributed by atoms with E-state index in [1.165, 1.54) is 12.8 Å². The highest BCUT2D eigenvalue weighted by Gasteiger charge is 2.20. The SMILES string of the molecule is CCCC[n+]1ccn(C(C)C)c1.F[B-](F)(F)F. The molecule has 0 amide bonds. The molecule has 0 atom stereocenters. The maximum atomic E-state index is 9.75. The predicted molar refractivity (Wildman–Crippen MR) is 60.1 cm³/mol. The second-order valence-corrected chi connectivity index (χ2v) is 4.04. The molecule has 0 aliphatic rings. The number of aromatic nitrogens is 2. The summed E-state index contributed by atoms with van der Waals surface area (Å²) in [5.41, 5.74) is 0. The van der Waals surface area contributed by atoms with Crippen LogP contribution in [-0.4, -0.2) is 11.8 Å². The van der Waals surface area contributed by atoms with Crippen molar-refractivity contribution in [2.24, 2.45) is 0 Å². The van der Waals surface area contributed by atoms with Gasteiger partial charge in [-0.15, -0.1) is 0 Å². The molecule has 0 saturated carbocycles. The van der Waals surface area contributed by atoms with E-state index in [4.69, 9.17) is 0 Å². The van der Waals surface area contributed by atoms with Crippen LogP contribution < -0.4 is 4.57 Å². The van der Waals surface area contributed by atoms with Crippen LogP contribution in [0.1, 0.15) is 39.7 Å².